The maximum Gasteiger partial charge on any atom is 0.339 e. The molecule has 6 aliphatic rings. The second-order valence-corrected chi connectivity index (χ2v) is 12.2. The van der Waals surface area contributed by atoms with Crippen molar-refractivity contribution in [2.24, 2.45) is 16.7 Å². The zero-order valence-electron chi connectivity index (χ0n) is 19.9. The Bertz CT molecular complexity index is 1160. The summed E-state index contributed by atoms with van der Waals surface area (Å²) in [6.07, 6.45) is -1.98. The van der Waals surface area contributed by atoms with E-state index in [9.17, 15) is 30.0 Å². The van der Waals surface area contributed by atoms with Gasteiger partial charge in [0, 0.05) is 29.1 Å². The van der Waals surface area contributed by atoms with Crippen LogP contribution in [-0.2, 0) is 23.8 Å². The number of fused-ring (bicyclic) bond motifs is 5. The highest BCUT2D eigenvalue weighted by Gasteiger charge is 2.93. The minimum Gasteiger partial charge on any atom is -0.472 e. The predicted octanol–water partition coefficient (Wildman–Crippen LogP) is -0.193. The van der Waals surface area contributed by atoms with Crippen molar-refractivity contribution in [3.63, 3.8) is 0 Å². The Kier molecular flexibility index (Phi) is 3.74. The Morgan fingerprint density at radius 1 is 1.03 bits per heavy atom. The zero-order chi connectivity index (χ0) is 25.1. The first kappa shape index (κ1) is 22.4. The van der Waals surface area contributed by atoms with Crippen LogP contribution in [0.1, 0.15) is 52.0 Å². The van der Waals surface area contributed by atoms with Crippen LogP contribution in [-0.4, -0.2) is 85.1 Å². The van der Waals surface area contributed by atoms with Crippen molar-refractivity contribution >= 4 is 11.8 Å². The van der Waals surface area contributed by atoms with Gasteiger partial charge in [-0.15, -0.1) is 0 Å². The molecule has 4 N–H and O–H groups in total. The third-order valence-electron chi connectivity index (χ3n) is 11.3. The molecule has 3 aliphatic carbocycles. The summed E-state index contributed by atoms with van der Waals surface area (Å²) in [6, 6.07) is 1.84. The summed E-state index contributed by atoms with van der Waals surface area (Å²) in [6.45, 7) is 6.40. The third-order valence-corrected chi connectivity index (χ3v) is 11.3. The van der Waals surface area contributed by atoms with E-state index in [4.69, 9.17) is 18.6 Å². The van der Waals surface area contributed by atoms with Gasteiger partial charge in [0.15, 0.2) is 23.1 Å². The van der Waals surface area contributed by atoms with Crippen molar-refractivity contribution in [3.8, 4) is 0 Å². The topological polar surface area (TPSA) is 159 Å². The molecule has 0 bridgehead atoms. The lowest BCUT2D eigenvalue weighted by molar-refractivity contribution is -0.272. The summed E-state index contributed by atoms with van der Waals surface area (Å²) in [5, 5.41) is 47.4. The van der Waals surface area contributed by atoms with Crippen LogP contribution in [0.4, 0.5) is 0 Å². The predicted molar refractivity (Wildman–Crippen MR) is 114 cm³/mol. The lowest BCUT2D eigenvalue weighted by Gasteiger charge is -2.62. The summed E-state index contributed by atoms with van der Waals surface area (Å²) in [5.74, 6) is -2.87. The van der Waals surface area contributed by atoms with Gasteiger partial charge in [-0.25, -0.2) is 4.79 Å². The fourth-order valence-corrected chi connectivity index (χ4v) is 9.60. The molecule has 4 heterocycles. The van der Waals surface area contributed by atoms with Gasteiger partial charge in [0.2, 0.25) is 0 Å². The first-order valence-electron chi connectivity index (χ1n) is 12.2. The SMILES string of the molecule is CC12OC(=O)C(O)C1(O)C1(C)C(CC2=O)OC2C1C(C)(O)C13OC1CC(c1ccoc1)C3(C)C2O. The van der Waals surface area contributed by atoms with E-state index < -0.39 is 75.3 Å². The second kappa shape index (κ2) is 5.84. The maximum atomic E-state index is 13.2. The number of ketones is 1. The van der Waals surface area contributed by atoms with Gasteiger partial charge in [-0.2, -0.15) is 0 Å². The van der Waals surface area contributed by atoms with Crippen molar-refractivity contribution in [1.29, 1.82) is 0 Å². The van der Waals surface area contributed by atoms with Gasteiger partial charge < -0.3 is 39.1 Å². The van der Waals surface area contributed by atoms with Crippen LogP contribution in [0.5, 0.6) is 0 Å². The van der Waals surface area contributed by atoms with E-state index in [1.54, 1.807) is 26.4 Å². The lowest BCUT2D eigenvalue weighted by atomic mass is 9.43. The summed E-state index contributed by atoms with van der Waals surface area (Å²) in [5.41, 5.74) is -8.89. The van der Waals surface area contributed by atoms with Crippen LogP contribution < -0.4 is 0 Å². The van der Waals surface area contributed by atoms with Crippen molar-refractivity contribution in [2.75, 3.05) is 0 Å². The average Bonchev–Trinajstić information content (AvgIpc) is 3.06. The third kappa shape index (κ3) is 1.87. The Balaban J connectivity index is 1.43. The summed E-state index contributed by atoms with van der Waals surface area (Å²) < 4.78 is 23.2. The van der Waals surface area contributed by atoms with Crippen LogP contribution in [0.15, 0.2) is 23.0 Å². The number of aliphatic hydroxyl groups excluding tert-OH is 2. The minimum atomic E-state index is -2.39. The molecule has 6 fully saturated rings. The number of epoxide rings is 1. The van der Waals surface area contributed by atoms with E-state index in [2.05, 4.69) is 0 Å². The van der Waals surface area contributed by atoms with Gasteiger partial charge in [-0.05, 0) is 31.9 Å². The van der Waals surface area contributed by atoms with Crippen LogP contribution in [0.2, 0.25) is 0 Å². The van der Waals surface area contributed by atoms with Crippen LogP contribution in [0, 0.1) is 16.7 Å². The largest absolute Gasteiger partial charge is 0.472 e. The van der Waals surface area contributed by atoms with Crippen LogP contribution in [0.25, 0.3) is 0 Å². The highest BCUT2D eigenvalue weighted by Crippen LogP contribution is 2.79. The summed E-state index contributed by atoms with van der Waals surface area (Å²) in [7, 11) is 0. The Hall–Kier alpha value is -1.82. The fourth-order valence-electron chi connectivity index (χ4n) is 9.60. The van der Waals surface area contributed by atoms with Crippen LogP contribution >= 0.6 is 0 Å². The standard InChI is InChI=1S/C25H30O10/c1-20-11(10-5-6-32-9-10)7-14-25(20,34-14)22(3,30)16-15(17(20)27)33-13-8-12(26)23(4)24(31,21(13,16)2)18(28)19(29)35-23/h5-6,9,11,13-18,27-28,30-31H,7-8H2,1-4H3. The smallest absolute Gasteiger partial charge is 0.339 e. The second-order valence-electron chi connectivity index (χ2n) is 12.2. The van der Waals surface area contributed by atoms with Gasteiger partial charge in [-0.1, -0.05) is 13.8 Å². The van der Waals surface area contributed by atoms with Gasteiger partial charge in [0.25, 0.3) is 0 Å². The maximum absolute atomic E-state index is 13.2. The number of ether oxygens (including phenoxy) is 3. The molecule has 1 aromatic heterocycles. The molecule has 10 nitrogen and oxygen atoms in total. The van der Waals surface area contributed by atoms with E-state index in [-0.39, 0.29) is 18.4 Å². The first-order chi connectivity index (χ1) is 16.2. The van der Waals surface area contributed by atoms with Crippen LogP contribution in [0.3, 0.4) is 0 Å². The van der Waals surface area contributed by atoms with Crippen molar-refractivity contribution in [3.05, 3.63) is 24.2 Å². The fraction of sp³-hybridized carbons (Fsp3) is 0.760. The molecule has 13 unspecified atom stereocenters. The highest BCUT2D eigenvalue weighted by atomic mass is 16.6. The number of rotatable bonds is 1. The molecule has 1 aromatic rings. The van der Waals surface area contributed by atoms with Gasteiger partial charge in [0.05, 0.1) is 36.9 Å². The monoisotopic (exact) mass is 490 g/mol. The molecule has 3 saturated heterocycles. The molecule has 3 aliphatic heterocycles. The van der Waals surface area contributed by atoms with E-state index in [0.717, 1.165) is 5.56 Å². The number of carbonyl (C=O) groups excluding carboxylic acids is 2. The number of aliphatic hydroxyl groups is 4. The average molecular weight is 491 g/mol. The Morgan fingerprint density at radius 2 is 1.74 bits per heavy atom. The van der Waals surface area contributed by atoms with E-state index in [0.29, 0.717) is 6.42 Å². The molecule has 0 amide bonds. The van der Waals surface area contributed by atoms with E-state index >= 15 is 0 Å². The van der Waals surface area contributed by atoms with Gasteiger partial charge in [-0.3, -0.25) is 4.79 Å². The number of furan rings is 1. The molecule has 7 rings (SSSR count). The first-order valence-corrected chi connectivity index (χ1v) is 12.2. The van der Waals surface area contributed by atoms with Crippen molar-refractivity contribution < 1.29 is 48.6 Å². The van der Waals surface area contributed by atoms with E-state index in [1.807, 2.05) is 13.0 Å². The Labute approximate surface area is 201 Å². The molecular weight excluding hydrogens is 460 g/mol. The molecule has 3 saturated carbocycles. The van der Waals surface area contributed by atoms with Crippen molar-refractivity contribution in [1.82, 2.24) is 0 Å². The summed E-state index contributed by atoms with van der Waals surface area (Å²) in [4.78, 5) is 25.7. The normalized spacial score (nSPS) is 62.0. The molecular formula is C25H30O10. The number of esters is 1. The number of Topliss-reactive ketones (excluding diaryl/α,β-unsaturated/α-hetero) is 1. The summed E-state index contributed by atoms with van der Waals surface area (Å²) >= 11 is 0. The van der Waals surface area contributed by atoms with Gasteiger partial charge >= 0.3 is 5.97 Å². The van der Waals surface area contributed by atoms with Gasteiger partial charge in [0.1, 0.15) is 11.2 Å². The zero-order valence-corrected chi connectivity index (χ0v) is 19.9. The molecule has 10 heteroatoms. The minimum absolute atomic E-state index is 0.196. The number of carbonyl (C=O) groups is 2. The van der Waals surface area contributed by atoms with E-state index in [1.165, 1.54) is 6.92 Å². The number of hydrogen-bond acceptors (Lipinski definition) is 10. The molecule has 1 spiro atoms. The molecule has 0 aromatic carbocycles. The highest BCUT2D eigenvalue weighted by molar-refractivity contribution is 5.98. The van der Waals surface area contributed by atoms with Crippen molar-refractivity contribution in [2.45, 2.75) is 99.4 Å². The number of hydrogen-bond donors (Lipinski definition) is 4. The molecule has 190 valence electrons. The molecule has 35 heavy (non-hydrogen) atoms. The molecule has 13 atom stereocenters. The lowest BCUT2D eigenvalue weighted by Crippen LogP contribution is -2.79. The molecule has 0 radical (unpaired) electrons. The Morgan fingerprint density at radius 3 is 2.40 bits per heavy atom. The quantitative estimate of drug-likeness (QED) is 0.307.